The van der Waals surface area contributed by atoms with E-state index in [2.05, 4.69) is 4.90 Å². The van der Waals surface area contributed by atoms with Gasteiger partial charge >= 0.3 is 6.03 Å². The quantitative estimate of drug-likeness (QED) is 0.550. The van der Waals surface area contributed by atoms with Crippen LogP contribution in [-0.4, -0.2) is 73.4 Å². The standard InChI is InChI=1S/C18H20N4O5/c1-21-6-8-22(9-7-21)15(23)11-27-13-4-2-12(3-5-13)10-14-16(24)19-18(26)20-17(14)25/h2-5,10H,6-9,11H2,1H3,(H2,19,20,24,25,26). The van der Waals surface area contributed by atoms with Gasteiger partial charge in [0.05, 0.1) is 0 Å². The summed E-state index contributed by atoms with van der Waals surface area (Å²) in [4.78, 5) is 50.6. The summed E-state index contributed by atoms with van der Waals surface area (Å²) >= 11 is 0. The Kier molecular flexibility index (Phi) is 5.51. The van der Waals surface area contributed by atoms with Crippen LogP contribution in [0.3, 0.4) is 0 Å². The van der Waals surface area contributed by atoms with Crippen LogP contribution in [0.5, 0.6) is 5.75 Å². The molecule has 0 atom stereocenters. The number of ether oxygens (including phenoxy) is 1. The summed E-state index contributed by atoms with van der Waals surface area (Å²) in [6.07, 6.45) is 1.37. The molecule has 0 saturated carbocycles. The third kappa shape index (κ3) is 4.70. The lowest BCUT2D eigenvalue weighted by molar-refractivity contribution is -0.135. The van der Waals surface area contributed by atoms with Gasteiger partial charge in [-0.3, -0.25) is 25.0 Å². The average molecular weight is 372 g/mol. The molecule has 9 nitrogen and oxygen atoms in total. The maximum Gasteiger partial charge on any atom is 0.328 e. The lowest BCUT2D eigenvalue weighted by Gasteiger charge is -2.32. The van der Waals surface area contributed by atoms with Crippen molar-refractivity contribution in [2.24, 2.45) is 0 Å². The van der Waals surface area contributed by atoms with Gasteiger partial charge < -0.3 is 14.5 Å². The van der Waals surface area contributed by atoms with Gasteiger partial charge in [0.15, 0.2) is 6.61 Å². The number of likely N-dealkylation sites (N-methyl/N-ethyl adjacent to an activating group) is 1. The number of carbonyl (C=O) groups is 4. The van der Waals surface area contributed by atoms with E-state index in [1.54, 1.807) is 29.2 Å². The Hall–Kier alpha value is -3.20. The summed E-state index contributed by atoms with van der Waals surface area (Å²) in [5.41, 5.74) is 0.427. The largest absolute Gasteiger partial charge is 0.484 e. The number of nitrogens with zero attached hydrogens (tertiary/aromatic N) is 2. The lowest BCUT2D eigenvalue weighted by Crippen LogP contribution is -2.51. The van der Waals surface area contributed by atoms with Crippen LogP contribution in [-0.2, 0) is 14.4 Å². The predicted molar refractivity (Wildman–Crippen MR) is 95.7 cm³/mol. The van der Waals surface area contributed by atoms with Gasteiger partial charge in [-0.25, -0.2) is 4.79 Å². The predicted octanol–water partition coefficient (Wildman–Crippen LogP) is -0.411. The van der Waals surface area contributed by atoms with E-state index in [0.29, 0.717) is 24.4 Å². The second kappa shape index (κ2) is 8.00. The van der Waals surface area contributed by atoms with Crippen molar-refractivity contribution in [1.82, 2.24) is 20.4 Å². The summed E-state index contributed by atoms with van der Waals surface area (Å²) in [7, 11) is 2.02. The molecule has 142 valence electrons. The van der Waals surface area contributed by atoms with Crippen LogP contribution in [0.25, 0.3) is 6.08 Å². The number of carbonyl (C=O) groups excluding carboxylic acids is 4. The zero-order valence-corrected chi connectivity index (χ0v) is 14.9. The molecule has 0 radical (unpaired) electrons. The van der Waals surface area contributed by atoms with Crippen LogP contribution >= 0.6 is 0 Å². The Morgan fingerprint density at radius 1 is 1.04 bits per heavy atom. The fourth-order valence-corrected chi connectivity index (χ4v) is 2.73. The minimum Gasteiger partial charge on any atom is -0.484 e. The molecule has 2 saturated heterocycles. The van der Waals surface area contributed by atoms with E-state index in [0.717, 1.165) is 13.1 Å². The highest BCUT2D eigenvalue weighted by atomic mass is 16.5. The van der Waals surface area contributed by atoms with Crippen LogP contribution in [0.15, 0.2) is 29.8 Å². The zero-order chi connectivity index (χ0) is 19.4. The van der Waals surface area contributed by atoms with Gasteiger partial charge in [-0.1, -0.05) is 12.1 Å². The molecule has 5 amide bonds. The topological polar surface area (TPSA) is 108 Å². The zero-order valence-electron chi connectivity index (χ0n) is 14.9. The van der Waals surface area contributed by atoms with Crippen molar-refractivity contribution in [2.45, 2.75) is 0 Å². The normalized spacial score (nSPS) is 18.0. The van der Waals surface area contributed by atoms with Crippen LogP contribution in [0, 0.1) is 0 Å². The van der Waals surface area contributed by atoms with Gasteiger partial charge in [0.25, 0.3) is 17.7 Å². The number of amides is 5. The van der Waals surface area contributed by atoms with E-state index in [-0.39, 0.29) is 18.1 Å². The lowest BCUT2D eigenvalue weighted by atomic mass is 10.1. The monoisotopic (exact) mass is 372 g/mol. The molecule has 2 N–H and O–H groups in total. The number of urea groups is 1. The van der Waals surface area contributed by atoms with Gasteiger partial charge in [-0.05, 0) is 30.8 Å². The summed E-state index contributed by atoms with van der Waals surface area (Å²) in [6.45, 7) is 3.04. The Morgan fingerprint density at radius 3 is 2.22 bits per heavy atom. The molecule has 1 aromatic carbocycles. The number of hydrogen-bond acceptors (Lipinski definition) is 6. The maximum atomic E-state index is 12.2. The molecular weight excluding hydrogens is 352 g/mol. The fraction of sp³-hybridized carbons (Fsp3) is 0.333. The van der Waals surface area contributed by atoms with Crippen LogP contribution < -0.4 is 15.4 Å². The molecule has 3 rings (SSSR count). The molecule has 27 heavy (non-hydrogen) atoms. The van der Waals surface area contributed by atoms with Crippen molar-refractivity contribution in [3.63, 3.8) is 0 Å². The molecular formula is C18H20N4O5. The second-order valence-electron chi connectivity index (χ2n) is 6.34. The first-order valence-corrected chi connectivity index (χ1v) is 8.50. The van der Waals surface area contributed by atoms with E-state index in [9.17, 15) is 19.2 Å². The molecule has 2 fully saturated rings. The SMILES string of the molecule is CN1CCN(C(=O)COc2ccc(C=C3C(=O)NC(=O)NC3=O)cc2)CC1. The van der Waals surface area contributed by atoms with E-state index in [4.69, 9.17) is 4.74 Å². The van der Waals surface area contributed by atoms with Gasteiger partial charge in [0.1, 0.15) is 11.3 Å². The fourth-order valence-electron chi connectivity index (χ4n) is 2.73. The van der Waals surface area contributed by atoms with E-state index in [1.165, 1.54) is 6.08 Å². The van der Waals surface area contributed by atoms with Crippen LogP contribution in [0.1, 0.15) is 5.56 Å². The van der Waals surface area contributed by atoms with Crippen molar-refractivity contribution in [3.05, 3.63) is 35.4 Å². The summed E-state index contributed by atoms with van der Waals surface area (Å²) in [5, 5.41) is 4.02. The summed E-state index contributed by atoms with van der Waals surface area (Å²) in [5.74, 6) is -1.05. The minimum absolute atomic E-state index is 0.0446. The van der Waals surface area contributed by atoms with Crippen molar-refractivity contribution in [3.8, 4) is 5.75 Å². The third-order valence-electron chi connectivity index (χ3n) is 4.35. The molecule has 0 spiro atoms. The summed E-state index contributed by atoms with van der Waals surface area (Å²) in [6, 6.07) is 5.76. The van der Waals surface area contributed by atoms with Crippen molar-refractivity contribution >= 4 is 29.8 Å². The van der Waals surface area contributed by atoms with E-state index in [1.807, 2.05) is 17.7 Å². The van der Waals surface area contributed by atoms with Crippen molar-refractivity contribution < 1.29 is 23.9 Å². The Labute approximate surface area is 155 Å². The van der Waals surface area contributed by atoms with E-state index >= 15 is 0 Å². The highest BCUT2D eigenvalue weighted by molar-refractivity contribution is 6.31. The second-order valence-corrected chi connectivity index (χ2v) is 6.34. The van der Waals surface area contributed by atoms with Gasteiger partial charge in [-0.2, -0.15) is 0 Å². The first kappa shape index (κ1) is 18.6. The Bertz CT molecular complexity index is 772. The molecule has 2 aliphatic rings. The molecule has 0 bridgehead atoms. The Balaban J connectivity index is 1.56. The molecule has 2 aliphatic heterocycles. The average Bonchev–Trinajstić information content (AvgIpc) is 2.64. The molecule has 0 aliphatic carbocycles. The third-order valence-corrected chi connectivity index (χ3v) is 4.35. The number of imide groups is 2. The molecule has 2 heterocycles. The Morgan fingerprint density at radius 2 is 1.63 bits per heavy atom. The number of piperazine rings is 1. The summed E-state index contributed by atoms with van der Waals surface area (Å²) < 4.78 is 5.52. The highest BCUT2D eigenvalue weighted by Crippen LogP contribution is 2.16. The molecule has 9 heteroatoms. The number of nitrogens with one attached hydrogen (secondary N) is 2. The van der Waals surface area contributed by atoms with Crippen LogP contribution in [0.2, 0.25) is 0 Å². The van der Waals surface area contributed by atoms with Gasteiger partial charge in [0, 0.05) is 26.2 Å². The van der Waals surface area contributed by atoms with Crippen molar-refractivity contribution in [2.75, 3.05) is 39.8 Å². The molecule has 1 aromatic rings. The first-order chi connectivity index (χ1) is 12.9. The van der Waals surface area contributed by atoms with Crippen LogP contribution in [0.4, 0.5) is 4.79 Å². The minimum atomic E-state index is -0.837. The number of rotatable bonds is 4. The number of barbiturate groups is 1. The molecule has 0 unspecified atom stereocenters. The first-order valence-electron chi connectivity index (χ1n) is 8.50. The van der Waals surface area contributed by atoms with Gasteiger partial charge in [0.2, 0.25) is 0 Å². The van der Waals surface area contributed by atoms with Crippen molar-refractivity contribution in [1.29, 1.82) is 0 Å². The maximum absolute atomic E-state index is 12.2. The van der Waals surface area contributed by atoms with Gasteiger partial charge in [-0.15, -0.1) is 0 Å². The highest BCUT2D eigenvalue weighted by Gasteiger charge is 2.27. The smallest absolute Gasteiger partial charge is 0.328 e. The van der Waals surface area contributed by atoms with E-state index < -0.39 is 17.8 Å². The number of benzene rings is 1. The molecule has 0 aromatic heterocycles. The number of hydrogen-bond donors (Lipinski definition) is 2.